The molecule has 1 amide bonds. The minimum Gasteiger partial charge on any atom is -0.351 e. The lowest BCUT2D eigenvalue weighted by Crippen LogP contribution is -2.38. The highest BCUT2D eigenvalue weighted by molar-refractivity contribution is 7.20. The number of piperidine rings is 1. The number of thiophene rings is 1. The van der Waals surface area contributed by atoms with Crippen molar-refractivity contribution in [2.75, 3.05) is 19.6 Å². The number of amides is 1. The number of carbonyl (C=O) groups excluding carboxylic acids is 1. The van der Waals surface area contributed by atoms with Gasteiger partial charge in [-0.05, 0) is 80.7 Å². The van der Waals surface area contributed by atoms with Crippen molar-refractivity contribution < 1.29 is 4.79 Å². The molecule has 5 rings (SSSR count). The van der Waals surface area contributed by atoms with Gasteiger partial charge in [0.1, 0.15) is 4.83 Å². The van der Waals surface area contributed by atoms with Gasteiger partial charge in [0, 0.05) is 28.9 Å². The Hall–Kier alpha value is -2.47. The Morgan fingerprint density at radius 2 is 1.88 bits per heavy atom. The monoisotopic (exact) mass is 463 g/mol. The topological polar surface area (TPSA) is 45.2 Å². The van der Waals surface area contributed by atoms with Gasteiger partial charge in [-0.1, -0.05) is 35.4 Å². The van der Waals surface area contributed by atoms with Crippen molar-refractivity contribution in [1.82, 2.24) is 15.2 Å². The van der Waals surface area contributed by atoms with Crippen LogP contribution in [0.3, 0.4) is 0 Å². The second kappa shape index (κ2) is 9.18. The van der Waals surface area contributed by atoms with E-state index in [9.17, 15) is 4.79 Å². The number of pyridine rings is 1. The minimum atomic E-state index is 0.0110. The van der Waals surface area contributed by atoms with Crippen molar-refractivity contribution in [1.29, 1.82) is 0 Å². The van der Waals surface area contributed by atoms with E-state index in [0.717, 1.165) is 70.0 Å². The van der Waals surface area contributed by atoms with E-state index in [0.29, 0.717) is 5.92 Å². The number of nitrogens with zero attached hydrogens (tertiary/aromatic N) is 2. The normalized spacial score (nSPS) is 15.4. The van der Waals surface area contributed by atoms with Crippen molar-refractivity contribution >= 4 is 50.0 Å². The molecule has 0 spiro atoms. The van der Waals surface area contributed by atoms with E-state index in [-0.39, 0.29) is 5.91 Å². The molecule has 3 heterocycles. The van der Waals surface area contributed by atoms with Crippen molar-refractivity contribution in [2.24, 2.45) is 5.92 Å². The van der Waals surface area contributed by atoms with Gasteiger partial charge in [0.2, 0.25) is 0 Å². The van der Waals surface area contributed by atoms with E-state index < -0.39 is 0 Å². The van der Waals surface area contributed by atoms with Crippen LogP contribution in [-0.2, 0) is 6.54 Å². The van der Waals surface area contributed by atoms with Crippen molar-refractivity contribution in [2.45, 2.75) is 26.3 Å². The predicted molar refractivity (Wildman–Crippen MR) is 134 cm³/mol. The number of aryl methyl sites for hydroxylation is 1. The Morgan fingerprint density at radius 1 is 1.09 bits per heavy atom. The molecular weight excluding hydrogens is 438 g/mol. The summed E-state index contributed by atoms with van der Waals surface area (Å²) >= 11 is 7.45. The summed E-state index contributed by atoms with van der Waals surface area (Å²) in [5, 5.41) is 6.09. The average molecular weight is 464 g/mol. The van der Waals surface area contributed by atoms with E-state index >= 15 is 0 Å². The summed E-state index contributed by atoms with van der Waals surface area (Å²) in [7, 11) is 0. The highest BCUT2D eigenvalue weighted by atomic mass is 35.5. The summed E-state index contributed by atoms with van der Waals surface area (Å²) in [6, 6.07) is 18.5. The Balaban J connectivity index is 1.16. The van der Waals surface area contributed by atoms with Gasteiger partial charge in [-0.25, -0.2) is 4.98 Å². The zero-order valence-electron chi connectivity index (χ0n) is 18.1. The van der Waals surface area contributed by atoms with Gasteiger partial charge < -0.3 is 5.32 Å². The Kier molecular flexibility index (Phi) is 6.13. The minimum absolute atomic E-state index is 0.0110. The fraction of sp³-hybridized carbons (Fsp3) is 0.308. The first-order valence-electron chi connectivity index (χ1n) is 11.1. The molecule has 1 aliphatic heterocycles. The number of aromatic nitrogens is 1. The summed E-state index contributed by atoms with van der Waals surface area (Å²) < 4.78 is 0. The molecule has 164 valence electrons. The van der Waals surface area contributed by atoms with Gasteiger partial charge in [0.05, 0.1) is 10.4 Å². The van der Waals surface area contributed by atoms with Crippen LogP contribution in [-0.4, -0.2) is 35.4 Å². The Labute approximate surface area is 197 Å². The Bertz CT molecular complexity index is 1260. The number of rotatable bonds is 5. The number of nitrogens with one attached hydrogen (secondary N) is 1. The number of hydrogen-bond donors (Lipinski definition) is 1. The zero-order chi connectivity index (χ0) is 22.1. The second-order valence-corrected chi connectivity index (χ2v) is 10.2. The fourth-order valence-corrected chi connectivity index (χ4v) is 5.45. The highest BCUT2D eigenvalue weighted by Gasteiger charge is 2.20. The molecule has 1 saturated heterocycles. The van der Waals surface area contributed by atoms with Crippen molar-refractivity contribution in [3.63, 3.8) is 0 Å². The van der Waals surface area contributed by atoms with E-state index in [1.165, 1.54) is 22.5 Å². The van der Waals surface area contributed by atoms with Crippen LogP contribution in [0, 0.1) is 12.8 Å². The number of carbonyl (C=O) groups is 1. The first kappa shape index (κ1) is 21.4. The van der Waals surface area contributed by atoms with Crippen LogP contribution in [0.1, 0.15) is 33.6 Å². The van der Waals surface area contributed by atoms with E-state index in [1.54, 1.807) is 0 Å². The average Bonchev–Trinajstić information content (AvgIpc) is 3.21. The lowest BCUT2D eigenvalue weighted by molar-refractivity contribution is 0.0939. The fourth-order valence-electron chi connectivity index (χ4n) is 4.39. The molecular formula is C26H26ClN3OS. The second-order valence-electron chi connectivity index (χ2n) is 8.75. The largest absolute Gasteiger partial charge is 0.351 e. The number of hydrogen-bond acceptors (Lipinski definition) is 4. The molecule has 4 nitrogen and oxygen atoms in total. The van der Waals surface area contributed by atoms with Gasteiger partial charge in [-0.2, -0.15) is 0 Å². The van der Waals surface area contributed by atoms with E-state index in [1.807, 2.05) is 24.3 Å². The lowest BCUT2D eigenvalue weighted by atomic mass is 9.96. The van der Waals surface area contributed by atoms with E-state index in [4.69, 9.17) is 16.6 Å². The molecule has 32 heavy (non-hydrogen) atoms. The molecule has 0 atom stereocenters. The SMILES string of the molecule is Cc1ccc2nc3sc(C(=O)NCC4CCN(Cc5ccc(Cl)cc5)CC4)cc3cc2c1. The standard InChI is InChI=1S/C26H26ClN3OS/c1-17-2-7-23-20(12-17)13-21-14-24(32-26(21)29-23)25(31)28-15-18-8-10-30(11-9-18)16-19-3-5-22(27)6-4-19/h2-7,12-14,18H,8-11,15-16H2,1H3,(H,28,31). The molecule has 0 saturated carbocycles. The molecule has 4 aromatic rings. The van der Waals surface area contributed by atoms with Crippen molar-refractivity contribution in [3.05, 3.63) is 75.6 Å². The maximum Gasteiger partial charge on any atom is 0.261 e. The molecule has 6 heteroatoms. The summed E-state index contributed by atoms with van der Waals surface area (Å²) in [6.45, 7) is 5.89. The van der Waals surface area contributed by atoms with Crippen LogP contribution in [0.5, 0.6) is 0 Å². The highest BCUT2D eigenvalue weighted by Crippen LogP contribution is 2.28. The van der Waals surface area contributed by atoms with Crippen LogP contribution in [0.4, 0.5) is 0 Å². The number of fused-ring (bicyclic) bond motifs is 2. The third kappa shape index (κ3) is 4.80. The van der Waals surface area contributed by atoms with Gasteiger partial charge in [-0.15, -0.1) is 11.3 Å². The van der Waals surface area contributed by atoms with Gasteiger partial charge in [0.15, 0.2) is 0 Å². The first-order chi connectivity index (χ1) is 15.5. The lowest BCUT2D eigenvalue weighted by Gasteiger charge is -2.32. The zero-order valence-corrected chi connectivity index (χ0v) is 19.7. The third-order valence-corrected chi connectivity index (χ3v) is 7.55. The molecule has 2 aromatic heterocycles. The molecule has 0 unspecified atom stereocenters. The van der Waals surface area contributed by atoms with E-state index in [2.05, 4.69) is 47.5 Å². The maximum atomic E-state index is 12.8. The molecule has 1 N–H and O–H groups in total. The third-order valence-electron chi connectivity index (χ3n) is 6.26. The maximum absolute atomic E-state index is 12.8. The van der Waals surface area contributed by atoms with Gasteiger partial charge in [0.25, 0.3) is 5.91 Å². The number of halogens is 1. The number of likely N-dealkylation sites (tertiary alicyclic amines) is 1. The van der Waals surface area contributed by atoms with Crippen LogP contribution in [0.15, 0.2) is 54.6 Å². The smallest absolute Gasteiger partial charge is 0.261 e. The van der Waals surface area contributed by atoms with Crippen LogP contribution in [0.25, 0.3) is 21.1 Å². The number of benzene rings is 2. The quantitative estimate of drug-likeness (QED) is 0.391. The molecule has 0 radical (unpaired) electrons. The predicted octanol–water partition coefficient (Wildman–Crippen LogP) is 6.05. The first-order valence-corrected chi connectivity index (χ1v) is 12.3. The molecule has 0 bridgehead atoms. The Morgan fingerprint density at radius 3 is 2.66 bits per heavy atom. The molecule has 1 aliphatic rings. The van der Waals surface area contributed by atoms with Gasteiger partial charge >= 0.3 is 0 Å². The van der Waals surface area contributed by atoms with Crippen LogP contribution in [0.2, 0.25) is 5.02 Å². The summed E-state index contributed by atoms with van der Waals surface area (Å²) in [6.07, 6.45) is 2.21. The molecule has 1 fully saturated rings. The van der Waals surface area contributed by atoms with Crippen molar-refractivity contribution in [3.8, 4) is 0 Å². The van der Waals surface area contributed by atoms with Crippen LogP contribution >= 0.6 is 22.9 Å². The summed E-state index contributed by atoms with van der Waals surface area (Å²) in [5.41, 5.74) is 3.48. The summed E-state index contributed by atoms with van der Waals surface area (Å²) in [4.78, 5) is 21.7. The molecule has 2 aromatic carbocycles. The molecule has 0 aliphatic carbocycles. The van der Waals surface area contributed by atoms with Crippen LogP contribution < -0.4 is 5.32 Å². The summed E-state index contributed by atoms with van der Waals surface area (Å²) in [5.74, 6) is 0.537. The van der Waals surface area contributed by atoms with Gasteiger partial charge in [-0.3, -0.25) is 9.69 Å².